The molecule has 0 amide bonds. The molecular weight excluding hydrogens is 240 g/mol. The van der Waals surface area contributed by atoms with Crippen LogP contribution in [-0.2, 0) is 6.42 Å². The molecule has 0 N–H and O–H groups in total. The standard InChI is InChI=1S/C12H16.C8H10/c1-3-4-5-6-12-9-7-11(2)8-10-12;1-7-3-5-8(2)6-4-7/h3-4,7-10H,5-6H2,1-2H3;3-6H,1-2H3. The van der Waals surface area contributed by atoms with Crippen molar-refractivity contribution in [3.05, 3.63) is 82.9 Å². The van der Waals surface area contributed by atoms with Gasteiger partial charge in [0.2, 0.25) is 0 Å². The first kappa shape index (κ1) is 16.2. The van der Waals surface area contributed by atoms with E-state index < -0.39 is 0 Å². The molecule has 2 aromatic rings. The molecule has 0 aliphatic heterocycles. The van der Waals surface area contributed by atoms with E-state index in [0.717, 1.165) is 12.8 Å². The van der Waals surface area contributed by atoms with Gasteiger partial charge in [0.05, 0.1) is 0 Å². The summed E-state index contributed by atoms with van der Waals surface area (Å²) in [7, 11) is 0. The summed E-state index contributed by atoms with van der Waals surface area (Å²) in [5.74, 6) is 0. The van der Waals surface area contributed by atoms with E-state index in [2.05, 4.69) is 88.4 Å². The van der Waals surface area contributed by atoms with Gasteiger partial charge in [-0.25, -0.2) is 0 Å². The Labute approximate surface area is 124 Å². The molecular formula is C20H26. The van der Waals surface area contributed by atoms with Crippen LogP contribution in [0.25, 0.3) is 0 Å². The lowest BCUT2D eigenvalue weighted by molar-refractivity contribution is 0.998. The molecule has 0 fully saturated rings. The minimum atomic E-state index is 1.15. The van der Waals surface area contributed by atoms with Gasteiger partial charge < -0.3 is 0 Å². The molecule has 0 saturated carbocycles. The molecule has 106 valence electrons. The van der Waals surface area contributed by atoms with Crippen LogP contribution in [-0.4, -0.2) is 0 Å². The second kappa shape index (κ2) is 9.14. The van der Waals surface area contributed by atoms with Crippen LogP contribution in [0.4, 0.5) is 0 Å². The van der Waals surface area contributed by atoms with Gasteiger partial charge in [-0.2, -0.15) is 0 Å². The average Bonchev–Trinajstić information content (AvgIpc) is 2.45. The van der Waals surface area contributed by atoms with Crippen LogP contribution in [0.5, 0.6) is 0 Å². The van der Waals surface area contributed by atoms with Gasteiger partial charge in [0.1, 0.15) is 0 Å². The molecule has 0 unspecified atom stereocenters. The predicted molar refractivity (Wildman–Crippen MR) is 90.2 cm³/mol. The molecule has 2 rings (SSSR count). The number of allylic oxidation sites excluding steroid dienone is 2. The molecule has 0 aliphatic carbocycles. The first-order chi connectivity index (χ1) is 9.61. The SMILES string of the molecule is CC=CCCc1ccc(C)cc1.Cc1ccc(C)cc1. The smallest absolute Gasteiger partial charge is 0.0244 e. The third-order valence-corrected chi connectivity index (χ3v) is 3.17. The Bertz CT molecular complexity index is 480. The summed E-state index contributed by atoms with van der Waals surface area (Å²) in [6.45, 7) is 8.38. The van der Waals surface area contributed by atoms with Crippen LogP contribution in [0.3, 0.4) is 0 Å². The van der Waals surface area contributed by atoms with Crippen molar-refractivity contribution in [1.29, 1.82) is 0 Å². The lowest BCUT2D eigenvalue weighted by atomic mass is 10.1. The molecule has 0 heteroatoms. The molecule has 0 spiro atoms. The maximum Gasteiger partial charge on any atom is -0.0244 e. The summed E-state index contributed by atoms with van der Waals surface area (Å²) < 4.78 is 0. The molecule has 20 heavy (non-hydrogen) atoms. The fraction of sp³-hybridized carbons (Fsp3) is 0.300. The normalized spacial score (nSPS) is 10.2. The van der Waals surface area contributed by atoms with Crippen molar-refractivity contribution in [2.24, 2.45) is 0 Å². The lowest BCUT2D eigenvalue weighted by Gasteiger charge is -1.98. The Morgan fingerprint density at radius 3 is 1.50 bits per heavy atom. The fourth-order valence-corrected chi connectivity index (χ4v) is 1.81. The van der Waals surface area contributed by atoms with Gasteiger partial charge in [-0.05, 0) is 46.1 Å². The van der Waals surface area contributed by atoms with Crippen molar-refractivity contribution in [2.45, 2.75) is 40.5 Å². The Balaban J connectivity index is 0.000000217. The topological polar surface area (TPSA) is 0 Å². The van der Waals surface area contributed by atoms with E-state index in [1.165, 1.54) is 22.3 Å². The van der Waals surface area contributed by atoms with E-state index in [1.54, 1.807) is 0 Å². The van der Waals surface area contributed by atoms with Crippen LogP contribution < -0.4 is 0 Å². The highest BCUT2D eigenvalue weighted by Crippen LogP contribution is 2.05. The van der Waals surface area contributed by atoms with E-state index in [0.29, 0.717) is 0 Å². The largest absolute Gasteiger partial charge is 0.0917 e. The van der Waals surface area contributed by atoms with E-state index in [-0.39, 0.29) is 0 Å². The molecule has 2 aromatic carbocycles. The number of aryl methyl sites for hydroxylation is 4. The van der Waals surface area contributed by atoms with Gasteiger partial charge in [-0.15, -0.1) is 0 Å². The highest BCUT2D eigenvalue weighted by Gasteiger charge is 1.89. The van der Waals surface area contributed by atoms with Crippen molar-refractivity contribution in [3.8, 4) is 0 Å². The first-order valence-corrected chi connectivity index (χ1v) is 7.32. The fourth-order valence-electron chi connectivity index (χ4n) is 1.81. The minimum Gasteiger partial charge on any atom is -0.0917 e. The molecule has 0 nitrogen and oxygen atoms in total. The molecule has 0 radical (unpaired) electrons. The Morgan fingerprint density at radius 2 is 1.10 bits per heavy atom. The first-order valence-electron chi connectivity index (χ1n) is 7.32. The highest BCUT2D eigenvalue weighted by molar-refractivity contribution is 5.21. The van der Waals surface area contributed by atoms with Crippen molar-refractivity contribution < 1.29 is 0 Å². The minimum absolute atomic E-state index is 1.15. The molecule has 0 saturated heterocycles. The van der Waals surface area contributed by atoms with Gasteiger partial charge in [-0.3, -0.25) is 0 Å². The molecule has 0 bridgehead atoms. The predicted octanol–water partition coefficient (Wildman–Crippen LogP) is 5.81. The van der Waals surface area contributed by atoms with Crippen molar-refractivity contribution in [2.75, 3.05) is 0 Å². The third-order valence-electron chi connectivity index (χ3n) is 3.17. The monoisotopic (exact) mass is 266 g/mol. The molecule has 0 aromatic heterocycles. The second-order valence-corrected chi connectivity index (χ2v) is 5.25. The van der Waals surface area contributed by atoms with Gasteiger partial charge in [0.15, 0.2) is 0 Å². The number of hydrogen-bond donors (Lipinski definition) is 0. The van der Waals surface area contributed by atoms with Crippen LogP contribution in [0.1, 0.15) is 35.6 Å². The summed E-state index contributed by atoms with van der Waals surface area (Å²) in [6.07, 6.45) is 6.62. The zero-order valence-corrected chi connectivity index (χ0v) is 13.2. The zero-order valence-electron chi connectivity index (χ0n) is 13.2. The second-order valence-electron chi connectivity index (χ2n) is 5.25. The van der Waals surface area contributed by atoms with Crippen LogP contribution in [0.15, 0.2) is 60.7 Å². The van der Waals surface area contributed by atoms with Crippen molar-refractivity contribution in [1.82, 2.24) is 0 Å². The van der Waals surface area contributed by atoms with Crippen LogP contribution in [0, 0.1) is 20.8 Å². The molecule has 0 atom stereocenters. The van der Waals surface area contributed by atoms with E-state index >= 15 is 0 Å². The number of benzene rings is 2. The maximum atomic E-state index is 2.21. The zero-order chi connectivity index (χ0) is 14.8. The summed E-state index contributed by atoms with van der Waals surface area (Å²) >= 11 is 0. The summed E-state index contributed by atoms with van der Waals surface area (Å²) in [4.78, 5) is 0. The summed E-state index contributed by atoms with van der Waals surface area (Å²) in [5, 5.41) is 0. The average molecular weight is 266 g/mol. The number of hydrogen-bond acceptors (Lipinski definition) is 0. The van der Waals surface area contributed by atoms with Gasteiger partial charge in [-0.1, -0.05) is 77.4 Å². The Kier molecular flexibility index (Phi) is 7.42. The summed E-state index contributed by atoms with van der Waals surface area (Å²) in [6, 6.07) is 17.2. The maximum absolute atomic E-state index is 2.21. The van der Waals surface area contributed by atoms with Crippen molar-refractivity contribution in [3.63, 3.8) is 0 Å². The highest BCUT2D eigenvalue weighted by atomic mass is 13.9. The Morgan fingerprint density at radius 1 is 0.700 bits per heavy atom. The van der Waals surface area contributed by atoms with Crippen LogP contribution >= 0.6 is 0 Å². The van der Waals surface area contributed by atoms with Crippen molar-refractivity contribution >= 4 is 0 Å². The Hall–Kier alpha value is -1.82. The number of rotatable bonds is 3. The quantitative estimate of drug-likeness (QED) is 0.615. The van der Waals surface area contributed by atoms with Gasteiger partial charge >= 0.3 is 0 Å². The third kappa shape index (κ3) is 6.94. The van der Waals surface area contributed by atoms with E-state index in [4.69, 9.17) is 0 Å². The van der Waals surface area contributed by atoms with E-state index in [1.807, 2.05) is 0 Å². The van der Waals surface area contributed by atoms with Gasteiger partial charge in [0.25, 0.3) is 0 Å². The summed E-state index contributed by atoms with van der Waals surface area (Å²) in [5.41, 5.74) is 5.43. The van der Waals surface area contributed by atoms with Gasteiger partial charge in [0, 0.05) is 0 Å². The van der Waals surface area contributed by atoms with Crippen LogP contribution in [0.2, 0.25) is 0 Å². The molecule has 0 aliphatic rings. The molecule has 0 heterocycles. The van der Waals surface area contributed by atoms with E-state index in [9.17, 15) is 0 Å². The lowest BCUT2D eigenvalue weighted by Crippen LogP contribution is -1.82.